The molecule has 2 aliphatic rings. The lowest BCUT2D eigenvalue weighted by molar-refractivity contribution is 0.153. The topological polar surface area (TPSA) is 38.0 Å². The van der Waals surface area contributed by atoms with Crippen LogP contribution >= 0.6 is 0 Å². The largest absolute Gasteiger partial charge is 0.271 e. The first-order valence-electron chi connectivity index (χ1n) is 8.15. The zero-order valence-electron chi connectivity index (χ0n) is 12.3. The second-order valence-corrected chi connectivity index (χ2v) is 7.19. The van der Waals surface area contributed by atoms with Gasteiger partial charge in [-0.2, -0.15) is 0 Å². The van der Waals surface area contributed by atoms with Crippen LogP contribution < -0.4 is 11.3 Å². The van der Waals surface area contributed by atoms with E-state index in [-0.39, 0.29) is 0 Å². The molecule has 18 heavy (non-hydrogen) atoms. The highest BCUT2D eigenvalue weighted by Crippen LogP contribution is 2.37. The van der Waals surface area contributed by atoms with Crippen molar-refractivity contribution in [2.24, 2.45) is 29.5 Å². The molecule has 0 saturated heterocycles. The van der Waals surface area contributed by atoms with Crippen molar-refractivity contribution in [1.82, 2.24) is 5.43 Å². The maximum Gasteiger partial charge on any atom is 0.0241 e. The van der Waals surface area contributed by atoms with E-state index in [9.17, 15) is 0 Å². The van der Waals surface area contributed by atoms with Crippen molar-refractivity contribution in [3.63, 3.8) is 0 Å². The average molecular weight is 252 g/mol. The Hall–Kier alpha value is -0.0800. The molecule has 3 unspecified atom stereocenters. The predicted octanol–water partition coefficient (Wildman–Crippen LogP) is 3.86. The van der Waals surface area contributed by atoms with Gasteiger partial charge >= 0.3 is 0 Å². The second-order valence-electron chi connectivity index (χ2n) is 7.19. The number of hydrazine groups is 1. The standard InChI is InChI=1S/C16H32N2/c1-12-8-13(2)10-15(9-12)16(18-17)11-14-6-4-3-5-7-14/h12-16,18H,3-11,17H2,1-2H3. The summed E-state index contributed by atoms with van der Waals surface area (Å²) >= 11 is 0. The van der Waals surface area contributed by atoms with Crippen LogP contribution in [0.4, 0.5) is 0 Å². The molecule has 2 heteroatoms. The Labute approximate surface area is 113 Å². The molecule has 0 aliphatic heterocycles. The van der Waals surface area contributed by atoms with Crippen LogP contribution in [0.15, 0.2) is 0 Å². The van der Waals surface area contributed by atoms with E-state index in [1.54, 1.807) is 0 Å². The lowest BCUT2D eigenvalue weighted by Gasteiger charge is -2.38. The molecule has 3 N–H and O–H groups in total. The molecule has 0 aromatic carbocycles. The number of rotatable bonds is 4. The van der Waals surface area contributed by atoms with Gasteiger partial charge in [-0.25, -0.2) is 0 Å². The third-order valence-corrected chi connectivity index (χ3v) is 5.31. The molecule has 2 saturated carbocycles. The molecule has 0 bridgehead atoms. The summed E-state index contributed by atoms with van der Waals surface area (Å²) in [4.78, 5) is 0. The first-order chi connectivity index (χ1) is 8.69. The first kappa shape index (κ1) is 14.3. The van der Waals surface area contributed by atoms with E-state index < -0.39 is 0 Å². The van der Waals surface area contributed by atoms with Crippen LogP contribution in [0, 0.1) is 23.7 Å². The first-order valence-corrected chi connectivity index (χ1v) is 8.15. The number of nitrogens with two attached hydrogens (primary N) is 1. The Morgan fingerprint density at radius 2 is 1.61 bits per heavy atom. The van der Waals surface area contributed by atoms with Gasteiger partial charge in [0.05, 0.1) is 0 Å². The maximum absolute atomic E-state index is 5.86. The van der Waals surface area contributed by atoms with Crippen molar-refractivity contribution in [1.29, 1.82) is 0 Å². The van der Waals surface area contributed by atoms with E-state index in [4.69, 9.17) is 5.84 Å². The van der Waals surface area contributed by atoms with E-state index >= 15 is 0 Å². The van der Waals surface area contributed by atoms with Gasteiger partial charge in [-0.05, 0) is 49.4 Å². The predicted molar refractivity (Wildman–Crippen MR) is 78.0 cm³/mol. The van der Waals surface area contributed by atoms with E-state index in [1.165, 1.54) is 57.8 Å². The molecule has 0 aromatic rings. The summed E-state index contributed by atoms with van der Waals surface area (Å²) < 4.78 is 0. The highest BCUT2D eigenvalue weighted by molar-refractivity contribution is 4.85. The van der Waals surface area contributed by atoms with Crippen molar-refractivity contribution in [2.75, 3.05) is 0 Å². The van der Waals surface area contributed by atoms with E-state index in [0.29, 0.717) is 6.04 Å². The fourth-order valence-corrected chi connectivity index (χ4v) is 4.52. The molecule has 2 aliphatic carbocycles. The van der Waals surface area contributed by atoms with Crippen LogP contribution in [-0.4, -0.2) is 6.04 Å². The number of nitrogens with one attached hydrogen (secondary N) is 1. The molecule has 0 spiro atoms. The lowest BCUT2D eigenvalue weighted by Crippen LogP contribution is -2.44. The van der Waals surface area contributed by atoms with Crippen LogP contribution in [0.5, 0.6) is 0 Å². The summed E-state index contributed by atoms with van der Waals surface area (Å²) in [5.74, 6) is 9.39. The molecule has 2 nitrogen and oxygen atoms in total. The summed E-state index contributed by atoms with van der Waals surface area (Å²) in [6.45, 7) is 4.83. The zero-order chi connectivity index (χ0) is 13.0. The molecule has 3 atom stereocenters. The fraction of sp³-hybridized carbons (Fsp3) is 1.00. The van der Waals surface area contributed by atoms with Gasteiger partial charge in [-0.1, -0.05) is 46.0 Å². The number of hydrogen-bond donors (Lipinski definition) is 2. The fourth-order valence-electron chi connectivity index (χ4n) is 4.52. The Morgan fingerprint density at radius 1 is 1.00 bits per heavy atom. The summed E-state index contributed by atoms with van der Waals surface area (Å²) in [5.41, 5.74) is 3.16. The Balaban J connectivity index is 1.86. The Kier molecular flexibility index (Phi) is 5.50. The smallest absolute Gasteiger partial charge is 0.0241 e. The summed E-state index contributed by atoms with van der Waals surface area (Å²) in [7, 11) is 0. The van der Waals surface area contributed by atoms with Crippen LogP contribution in [0.3, 0.4) is 0 Å². The molecule has 0 amide bonds. The summed E-state index contributed by atoms with van der Waals surface area (Å²) in [5, 5.41) is 0. The minimum Gasteiger partial charge on any atom is -0.271 e. The monoisotopic (exact) mass is 252 g/mol. The second kappa shape index (κ2) is 6.91. The molecular formula is C16H32N2. The third-order valence-electron chi connectivity index (χ3n) is 5.31. The molecule has 0 aromatic heterocycles. The molecule has 2 fully saturated rings. The summed E-state index contributed by atoms with van der Waals surface area (Å²) in [6.07, 6.45) is 12.7. The highest BCUT2D eigenvalue weighted by atomic mass is 15.2. The van der Waals surface area contributed by atoms with E-state index in [1.807, 2.05) is 0 Å². The minimum absolute atomic E-state index is 0.568. The van der Waals surface area contributed by atoms with Crippen LogP contribution in [-0.2, 0) is 0 Å². The van der Waals surface area contributed by atoms with Crippen LogP contribution in [0.1, 0.15) is 71.6 Å². The maximum atomic E-state index is 5.86. The molecular weight excluding hydrogens is 220 g/mol. The van der Waals surface area contributed by atoms with Gasteiger partial charge in [0.25, 0.3) is 0 Å². The molecule has 106 valence electrons. The van der Waals surface area contributed by atoms with Crippen molar-refractivity contribution in [2.45, 2.75) is 77.7 Å². The minimum atomic E-state index is 0.568. The SMILES string of the molecule is CC1CC(C)CC(C(CC2CCCCC2)NN)C1. The molecule has 0 radical (unpaired) electrons. The van der Waals surface area contributed by atoms with Crippen LogP contribution in [0.2, 0.25) is 0 Å². The van der Waals surface area contributed by atoms with Gasteiger partial charge in [0.1, 0.15) is 0 Å². The van der Waals surface area contributed by atoms with Gasteiger partial charge in [0.2, 0.25) is 0 Å². The van der Waals surface area contributed by atoms with Crippen molar-refractivity contribution in [3.8, 4) is 0 Å². The van der Waals surface area contributed by atoms with E-state index in [0.717, 1.165) is 23.7 Å². The quantitative estimate of drug-likeness (QED) is 0.589. The average Bonchev–Trinajstić information content (AvgIpc) is 2.36. The highest BCUT2D eigenvalue weighted by Gasteiger charge is 2.31. The van der Waals surface area contributed by atoms with Crippen LogP contribution in [0.25, 0.3) is 0 Å². The van der Waals surface area contributed by atoms with Gasteiger partial charge in [0, 0.05) is 6.04 Å². The van der Waals surface area contributed by atoms with Crippen molar-refractivity contribution < 1.29 is 0 Å². The third kappa shape index (κ3) is 3.96. The molecule has 0 heterocycles. The van der Waals surface area contributed by atoms with E-state index in [2.05, 4.69) is 19.3 Å². The van der Waals surface area contributed by atoms with Gasteiger partial charge in [-0.3, -0.25) is 11.3 Å². The zero-order valence-corrected chi connectivity index (χ0v) is 12.3. The van der Waals surface area contributed by atoms with Crippen molar-refractivity contribution >= 4 is 0 Å². The van der Waals surface area contributed by atoms with Gasteiger partial charge in [0.15, 0.2) is 0 Å². The van der Waals surface area contributed by atoms with Gasteiger partial charge in [-0.15, -0.1) is 0 Å². The lowest BCUT2D eigenvalue weighted by atomic mass is 9.71. The Morgan fingerprint density at radius 3 is 2.17 bits per heavy atom. The molecule has 2 rings (SSSR count). The van der Waals surface area contributed by atoms with Crippen molar-refractivity contribution in [3.05, 3.63) is 0 Å². The normalized spacial score (nSPS) is 36.5. The summed E-state index contributed by atoms with van der Waals surface area (Å²) in [6, 6.07) is 0.568. The van der Waals surface area contributed by atoms with Gasteiger partial charge < -0.3 is 0 Å². The Bertz CT molecular complexity index is 225. The number of hydrogen-bond acceptors (Lipinski definition) is 2.